The van der Waals surface area contributed by atoms with Gasteiger partial charge in [0.05, 0.1) is 36.1 Å². The number of hydrogen-bond donors (Lipinski definition) is 1. The summed E-state index contributed by atoms with van der Waals surface area (Å²) in [6.07, 6.45) is 1.80. The molecule has 1 aliphatic heterocycles. The Morgan fingerprint density at radius 1 is 0.898 bits per heavy atom. The molecule has 1 atom stereocenters. The van der Waals surface area contributed by atoms with Crippen LogP contribution in [0.4, 0.5) is 5.69 Å². The number of carbonyl (C=O) groups is 1. The van der Waals surface area contributed by atoms with Crippen LogP contribution >= 0.6 is 11.3 Å². The molecule has 0 radical (unpaired) electrons. The number of fused-ring (bicyclic) bond motifs is 2. The number of nitrogens with zero attached hydrogens (tertiary/aromatic N) is 2. The standard InChI is InChI=1S/C40H33N3O5S/c1-25-35(38(44)42-30-17-5-4-6-18-30)36(27-14-10-19-31(22-27)46-2)43-39(45)34(49-40(43)41-25)23-28-15-11-21-33(47-3)37(28)48-24-29-16-9-13-26-12-7-8-20-32(26)29/h4-23,36H,24H2,1-3H3,(H,42,44)/b34-23-/t36-/m1/s1. The van der Waals surface area contributed by atoms with Gasteiger partial charge >= 0.3 is 0 Å². The molecule has 8 nitrogen and oxygen atoms in total. The number of thiazole rings is 1. The van der Waals surface area contributed by atoms with Crippen molar-refractivity contribution < 1.29 is 19.0 Å². The van der Waals surface area contributed by atoms with E-state index in [2.05, 4.69) is 23.5 Å². The van der Waals surface area contributed by atoms with Gasteiger partial charge in [0.2, 0.25) is 0 Å². The molecule has 244 valence electrons. The van der Waals surface area contributed by atoms with E-state index in [-0.39, 0.29) is 11.5 Å². The van der Waals surface area contributed by atoms with Crippen molar-refractivity contribution in [1.82, 2.24) is 4.57 Å². The highest BCUT2D eigenvalue weighted by atomic mass is 32.1. The lowest BCUT2D eigenvalue weighted by Gasteiger charge is -2.25. The number of para-hydroxylation sites is 2. The molecule has 0 saturated carbocycles. The van der Waals surface area contributed by atoms with Gasteiger partial charge in [0.1, 0.15) is 12.4 Å². The van der Waals surface area contributed by atoms with Crippen molar-refractivity contribution in [2.75, 3.05) is 19.5 Å². The first-order chi connectivity index (χ1) is 23.9. The lowest BCUT2D eigenvalue weighted by atomic mass is 9.95. The molecule has 49 heavy (non-hydrogen) atoms. The van der Waals surface area contributed by atoms with Crippen LogP contribution in [0.25, 0.3) is 16.8 Å². The number of carbonyl (C=O) groups excluding carboxylic acids is 1. The molecular formula is C40H33N3O5S. The molecule has 0 aliphatic carbocycles. The van der Waals surface area contributed by atoms with Crippen molar-refractivity contribution in [2.45, 2.75) is 19.6 Å². The fourth-order valence-electron chi connectivity index (χ4n) is 6.13. The van der Waals surface area contributed by atoms with E-state index in [1.54, 1.807) is 31.8 Å². The molecule has 1 aromatic heterocycles. The first kappa shape index (κ1) is 31.7. The number of anilines is 1. The zero-order valence-corrected chi connectivity index (χ0v) is 28.0. The second-order valence-corrected chi connectivity index (χ2v) is 12.5. The van der Waals surface area contributed by atoms with Crippen molar-refractivity contribution in [1.29, 1.82) is 0 Å². The maximum atomic E-state index is 14.4. The first-order valence-corrected chi connectivity index (χ1v) is 16.6. The fraction of sp³-hybridized carbons (Fsp3) is 0.125. The van der Waals surface area contributed by atoms with Gasteiger partial charge in [0.15, 0.2) is 16.3 Å². The quantitative estimate of drug-likeness (QED) is 0.187. The third-order valence-electron chi connectivity index (χ3n) is 8.48. The van der Waals surface area contributed by atoms with Crippen LogP contribution in [0.3, 0.4) is 0 Å². The fourth-order valence-corrected chi connectivity index (χ4v) is 7.17. The lowest BCUT2D eigenvalue weighted by Crippen LogP contribution is -2.40. The second kappa shape index (κ2) is 13.7. The first-order valence-electron chi connectivity index (χ1n) is 15.7. The van der Waals surface area contributed by atoms with Gasteiger partial charge in [-0.3, -0.25) is 14.2 Å². The maximum Gasteiger partial charge on any atom is 0.271 e. The monoisotopic (exact) mass is 667 g/mol. The van der Waals surface area contributed by atoms with E-state index in [4.69, 9.17) is 19.2 Å². The summed E-state index contributed by atoms with van der Waals surface area (Å²) in [6, 6.07) is 35.8. The molecule has 7 rings (SSSR count). The molecule has 9 heteroatoms. The smallest absolute Gasteiger partial charge is 0.271 e. The van der Waals surface area contributed by atoms with Crippen LogP contribution in [0.2, 0.25) is 0 Å². The minimum atomic E-state index is -0.746. The molecule has 0 spiro atoms. The molecule has 6 aromatic rings. The van der Waals surface area contributed by atoms with Crippen LogP contribution in [-0.2, 0) is 11.4 Å². The van der Waals surface area contributed by atoms with Gasteiger partial charge < -0.3 is 19.5 Å². The number of amides is 1. The zero-order chi connectivity index (χ0) is 33.9. The van der Waals surface area contributed by atoms with Gasteiger partial charge in [0, 0.05) is 11.3 Å². The summed E-state index contributed by atoms with van der Waals surface area (Å²) in [4.78, 5) is 33.6. The summed E-state index contributed by atoms with van der Waals surface area (Å²) >= 11 is 1.26. The van der Waals surface area contributed by atoms with Gasteiger partial charge in [-0.15, -0.1) is 0 Å². The van der Waals surface area contributed by atoms with Gasteiger partial charge in [-0.05, 0) is 65.2 Å². The summed E-state index contributed by atoms with van der Waals surface area (Å²) in [7, 11) is 3.18. The van der Waals surface area contributed by atoms with E-state index >= 15 is 0 Å². The molecule has 0 saturated heterocycles. The molecule has 0 unspecified atom stereocenters. The lowest BCUT2D eigenvalue weighted by molar-refractivity contribution is -0.113. The number of methoxy groups -OCH3 is 2. The maximum absolute atomic E-state index is 14.4. The van der Waals surface area contributed by atoms with Crippen molar-refractivity contribution >= 4 is 39.8 Å². The topological polar surface area (TPSA) is 91.2 Å². The summed E-state index contributed by atoms with van der Waals surface area (Å²) in [5.74, 6) is 1.34. The predicted octanol–water partition coefficient (Wildman–Crippen LogP) is 6.62. The van der Waals surface area contributed by atoms with Crippen LogP contribution in [0.1, 0.15) is 29.7 Å². The Labute approximate surface area is 286 Å². The van der Waals surface area contributed by atoms with Crippen molar-refractivity contribution in [3.8, 4) is 17.2 Å². The van der Waals surface area contributed by atoms with Crippen LogP contribution in [0, 0.1) is 0 Å². The normalized spacial score (nSPS) is 14.3. The highest BCUT2D eigenvalue weighted by Gasteiger charge is 2.33. The molecule has 0 fully saturated rings. The van der Waals surface area contributed by atoms with Gasteiger partial charge in [-0.25, -0.2) is 4.99 Å². The van der Waals surface area contributed by atoms with Crippen LogP contribution in [0.15, 0.2) is 136 Å². The van der Waals surface area contributed by atoms with E-state index in [1.807, 2.05) is 97.1 Å². The number of hydrogen-bond acceptors (Lipinski definition) is 7. The summed E-state index contributed by atoms with van der Waals surface area (Å²) in [5, 5.41) is 5.22. The largest absolute Gasteiger partial charge is 0.497 e. The van der Waals surface area contributed by atoms with E-state index in [0.717, 1.165) is 21.9 Å². The molecular weight excluding hydrogens is 635 g/mol. The van der Waals surface area contributed by atoms with Gasteiger partial charge in [-0.2, -0.15) is 0 Å². The number of rotatable bonds is 9. The Bertz CT molecular complexity index is 2410. The number of allylic oxidation sites excluding steroid dienone is 1. The molecule has 1 amide bonds. The van der Waals surface area contributed by atoms with Gasteiger partial charge in [-0.1, -0.05) is 96.3 Å². The van der Waals surface area contributed by atoms with Crippen molar-refractivity contribution in [3.05, 3.63) is 163 Å². The van der Waals surface area contributed by atoms with Gasteiger partial charge in [0.25, 0.3) is 11.5 Å². The minimum Gasteiger partial charge on any atom is -0.497 e. The van der Waals surface area contributed by atoms with Crippen LogP contribution in [-0.4, -0.2) is 24.7 Å². The highest BCUT2D eigenvalue weighted by molar-refractivity contribution is 7.07. The van der Waals surface area contributed by atoms with E-state index in [9.17, 15) is 9.59 Å². The Morgan fingerprint density at radius 2 is 1.65 bits per heavy atom. The molecule has 0 bridgehead atoms. The predicted molar refractivity (Wildman–Crippen MR) is 193 cm³/mol. The van der Waals surface area contributed by atoms with E-state index in [0.29, 0.717) is 55.7 Å². The second-order valence-electron chi connectivity index (χ2n) is 11.5. The average molecular weight is 668 g/mol. The van der Waals surface area contributed by atoms with Crippen molar-refractivity contribution in [3.63, 3.8) is 0 Å². The summed E-state index contributed by atoms with van der Waals surface area (Å²) in [6.45, 7) is 2.10. The average Bonchev–Trinajstić information content (AvgIpc) is 3.44. The third kappa shape index (κ3) is 6.24. The Morgan fingerprint density at radius 3 is 2.47 bits per heavy atom. The van der Waals surface area contributed by atoms with Crippen LogP contribution < -0.4 is 34.4 Å². The molecule has 1 aliphatic rings. The number of aromatic nitrogens is 1. The molecule has 2 heterocycles. The SMILES string of the molecule is COc1cccc([C@@H]2C(C(=O)Nc3ccccc3)=C(C)N=c3s/c(=C\c4cccc(OC)c4OCc4cccc5ccccc45)c(=O)n32)c1. The third-order valence-corrected chi connectivity index (χ3v) is 9.46. The zero-order valence-electron chi connectivity index (χ0n) is 27.2. The molecule has 1 N–H and O–H groups in total. The number of nitrogens with one attached hydrogen (secondary N) is 1. The Hall–Kier alpha value is -5.93. The summed E-state index contributed by atoms with van der Waals surface area (Å²) < 4.78 is 19.7. The highest BCUT2D eigenvalue weighted by Crippen LogP contribution is 2.34. The Kier molecular flexibility index (Phi) is 8.83. The number of ether oxygens (including phenoxy) is 3. The van der Waals surface area contributed by atoms with E-state index in [1.165, 1.54) is 11.3 Å². The Balaban J connectivity index is 1.33. The number of benzene rings is 5. The van der Waals surface area contributed by atoms with Crippen molar-refractivity contribution in [2.24, 2.45) is 4.99 Å². The van der Waals surface area contributed by atoms with Crippen LogP contribution in [0.5, 0.6) is 17.2 Å². The van der Waals surface area contributed by atoms with E-state index < -0.39 is 6.04 Å². The minimum absolute atomic E-state index is 0.281. The molecule has 5 aromatic carbocycles. The summed E-state index contributed by atoms with van der Waals surface area (Å²) in [5.41, 5.74) is 3.69.